The smallest absolute Gasteiger partial charge is 0.338 e. The molecule has 0 unspecified atom stereocenters. The predicted molar refractivity (Wildman–Crippen MR) is 80.0 cm³/mol. The number of benzene rings is 2. The second-order valence-electron chi connectivity index (χ2n) is 4.17. The van der Waals surface area contributed by atoms with Crippen molar-refractivity contribution in [3.05, 3.63) is 51.8 Å². The molecule has 0 atom stereocenters. The predicted octanol–water partition coefficient (Wildman–Crippen LogP) is 4.90. The summed E-state index contributed by atoms with van der Waals surface area (Å²) in [6.07, 6.45) is 0. The van der Waals surface area contributed by atoms with Gasteiger partial charge in [0.15, 0.2) is 0 Å². The molecule has 0 radical (unpaired) electrons. The lowest BCUT2D eigenvalue weighted by atomic mass is 10.0. The molecule has 21 heavy (non-hydrogen) atoms. The van der Waals surface area contributed by atoms with Crippen LogP contribution >= 0.6 is 23.2 Å². The number of ether oxygens (including phenoxy) is 1. The van der Waals surface area contributed by atoms with Gasteiger partial charge in [-0.2, -0.15) is 0 Å². The standard InChI is InChI=1S/C15H11Cl2FO3/c1-2-21-13-7-11(16)10(6-12(13)17)8-4-3-5-9(14(8)18)15(19)20/h3-7H,2H2,1H3,(H,19,20). The lowest BCUT2D eigenvalue weighted by Crippen LogP contribution is -2.02. The van der Waals surface area contributed by atoms with Gasteiger partial charge in [-0.3, -0.25) is 0 Å². The topological polar surface area (TPSA) is 46.5 Å². The Hall–Kier alpha value is -1.78. The van der Waals surface area contributed by atoms with Crippen LogP contribution in [0, 0.1) is 5.82 Å². The van der Waals surface area contributed by atoms with Crippen LogP contribution < -0.4 is 4.74 Å². The molecule has 0 fully saturated rings. The lowest BCUT2D eigenvalue weighted by Gasteiger charge is -2.12. The molecule has 0 saturated heterocycles. The fraction of sp³-hybridized carbons (Fsp3) is 0.133. The number of carboxylic acids is 1. The van der Waals surface area contributed by atoms with Crippen LogP contribution in [0.3, 0.4) is 0 Å². The first-order valence-corrected chi connectivity index (χ1v) is 6.85. The average Bonchev–Trinajstić information content (AvgIpc) is 2.43. The highest BCUT2D eigenvalue weighted by Gasteiger charge is 2.18. The zero-order valence-electron chi connectivity index (χ0n) is 11.0. The molecule has 110 valence electrons. The van der Waals surface area contributed by atoms with Crippen LogP contribution in [0.1, 0.15) is 17.3 Å². The van der Waals surface area contributed by atoms with Crippen LogP contribution in [0.2, 0.25) is 10.0 Å². The summed E-state index contributed by atoms with van der Waals surface area (Å²) >= 11 is 12.2. The maximum atomic E-state index is 14.3. The molecule has 0 aliphatic carbocycles. The largest absolute Gasteiger partial charge is 0.492 e. The number of carboxylic acid groups (broad SMARTS) is 1. The molecule has 0 spiro atoms. The third kappa shape index (κ3) is 3.12. The fourth-order valence-corrected chi connectivity index (χ4v) is 2.38. The third-order valence-corrected chi connectivity index (χ3v) is 3.45. The molecule has 2 rings (SSSR count). The second kappa shape index (κ2) is 6.33. The van der Waals surface area contributed by atoms with Crippen molar-refractivity contribution in [1.29, 1.82) is 0 Å². The van der Waals surface area contributed by atoms with Crippen molar-refractivity contribution in [3.8, 4) is 16.9 Å². The highest BCUT2D eigenvalue weighted by Crippen LogP contribution is 2.38. The van der Waals surface area contributed by atoms with Crippen LogP contribution in [-0.4, -0.2) is 17.7 Å². The molecule has 0 heterocycles. The van der Waals surface area contributed by atoms with E-state index in [2.05, 4.69) is 0 Å². The summed E-state index contributed by atoms with van der Waals surface area (Å²) in [5, 5.41) is 9.46. The molecule has 2 aromatic rings. The SMILES string of the molecule is CCOc1cc(Cl)c(-c2cccc(C(=O)O)c2F)cc1Cl. The van der Waals surface area contributed by atoms with E-state index < -0.39 is 17.3 Å². The molecule has 0 aromatic heterocycles. The van der Waals surface area contributed by atoms with Gasteiger partial charge in [0.2, 0.25) is 0 Å². The van der Waals surface area contributed by atoms with Crippen molar-refractivity contribution < 1.29 is 19.0 Å². The Morgan fingerprint density at radius 2 is 1.95 bits per heavy atom. The van der Waals surface area contributed by atoms with Crippen molar-refractivity contribution >= 4 is 29.2 Å². The first kappa shape index (κ1) is 15.6. The van der Waals surface area contributed by atoms with E-state index in [-0.39, 0.29) is 15.6 Å². The minimum Gasteiger partial charge on any atom is -0.492 e. The summed E-state index contributed by atoms with van der Waals surface area (Å²) in [6.45, 7) is 2.21. The van der Waals surface area contributed by atoms with E-state index in [1.54, 1.807) is 6.92 Å². The summed E-state index contributed by atoms with van der Waals surface area (Å²) in [4.78, 5) is 11.0. The molecule has 0 aliphatic heterocycles. The number of hydrogen-bond donors (Lipinski definition) is 1. The third-order valence-electron chi connectivity index (χ3n) is 2.84. The molecule has 2 aromatic carbocycles. The monoisotopic (exact) mass is 328 g/mol. The molecular formula is C15H11Cl2FO3. The van der Waals surface area contributed by atoms with Crippen LogP contribution in [-0.2, 0) is 0 Å². The van der Waals surface area contributed by atoms with Crippen molar-refractivity contribution in [2.45, 2.75) is 6.92 Å². The lowest BCUT2D eigenvalue weighted by molar-refractivity contribution is 0.0692. The minimum absolute atomic E-state index is 0.0739. The number of hydrogen-bond acceptors (Lipinski definition) is 2. The highest BCUT2D eigenvalue weighted by molar-refractivity contribution is 6.36. The van der Waals surface area contributed by atoms with E-state index >= 15 is 0 Å². The molecule has 0 aliphatic rings. The van der Waals surface area contributed by atoms with Gasteiger partial charge in [-0.25, -0.2) is 9.18 Å². The van der Waals surface area contributed by atoms with Gasteiger partial charge < -0.3 is 9.84 Å². The van der Waals surface area contributed by atoms with Gasteiger partial charge in [-0.05, 0) is 19.1 Å². The van der Waals surface area contributed by atoms with E-state index in [9.17, 15) is 9.18 Å². The van der Waals surface area contributed by atoms with Crippen molar-refractivity contribution in [1.82, 2.24) is 0 Å². The van der Waals surface area contributed by atoms with Gasteiger partial charge in [0.1, 0.15) is 11.6 Å². The molecule has 1 N–H and O–H groups in total. The molecular weight excluding hydrogens is 318 g/mol. The van der Waals surface area contributed by atoms with E-state index in [1.165, 1.54) is 30.3 Å². The van der Waals surface area contributed by atoms with Gasteiger partial charge in [0.25, 0.3) is 0 Å². The number of aromatic carboxylic acids is 1. The Morgan fingerprint density at radius 1 is 1.24 bits per heavy atom. The van der Waals surface area contributed by atoms with Gasteiger partial charge in [0, 0.05) is 17.2 Å². The minimum atomic E-state index is -1.34. The van der Waals surface area contributed by atoms with Gasteiger partial charge >= 0.3 is 5.97 Å². The average molecular weight is 329 g/mol. The van der Waals surface area contributed by atoms with Crippen LogP contribution in [0.25, 0.3) is 11.1 Å². The second-order valence-corrected chi connectivity index (χ2v) is 4.98. The Bertz CT molecular complexity index is 702. The normalized spacial score (nSPS) is 10.5. The van der Waals surface area contributed by atoms with Gasteiger partial charge in [-0.15, -0.1) is 0 Å². The molecule has 0 saturated carbocycles. The van der Waals surface area contributed by atoms with Crippen molar-refractivity contribution in [2.24, 2.45) is 0 Å². The summed E-state index contributed by atoms with van der Waals surface area (Å²) in [5.41, 5.74) is -0.0378. The van der Waals surface area contributed by atoms with Crippen LogP contribution in [0.4, 0.5) is 4.39 Å². The Kier molecular flexibility index (Phi) is 4.70. The van der Waals surface area contributed by atoms with Gasteiger partial charge in [0.05, 0.1) is 22.2 Å². The van der Waals surface area contributed by atoms with Gasteiger partial charge in [-0.1, -0.05) is 35.3 Å². The fourth-order valence-electron chi connectivity index (χ4n) is 1.91. The molecule has 0 amide bonds. The first-order chi connectivity index (χ1) is 9.95. The van der Waals surface area contributed by atoms with E-state index in [0.717, 1.165) is 0 Å². The van der Waals surface area contributed by atoms with Crippen molar-refractivity contribution in [3.63, 3.8) is 0 Å². The maximum absolute atomic E-state index is 14.3. The van der Waals surface area contributed by atoms with Crippen LogP contribution in [0.15, 0.2) is 30.3 Å². The summed E-state index contributed by atoms with van der Waals surface area (Å²) in [6, 6.07) is 7.02. The quantitative estimate of drug-likeness (QED) is 0.868. The highest BCUT2D eigenvalue weighted by atomic mass is 35.5. The number of halogens is 3. The number of carbonyl (C=O) groups is 1. The summed E-state index contributed by atoms with van der Waals surface area (Å²) in [5.74, 6) is -1.81. The zero-order chi connectivity index (χ0) is 15.6. The van der Waals surface area contributed by atoms with E-state index in [0.29, 0.717) is 17.9 Å². The Morgan fingerprint density at radius 3 is 2.57 bits per heavy atom. The number of rotatable bonds is 4. The molecule has 3 nitrogen and oxygen atoms in total. The Balaban J connectivity index is 2.60. The summed E-state index contributed by atoms with van der Waals surface area (Å²) in [7, 11) is 0. The molecule has 6 heteroatoms. The van der Waals surface area contributed by atoms with Crippen LogP contribution in [0.5, 0.6) is 5.75 Å². The summed E-state index contributed by atoms with van der Waals surface area (Å²) < 4.78 is 19.6. The zero-order valence-corrected chi connectivity index (χ0v) is 12.5. The van der Waals surface area contributed by atoms with Crippen molar-refractivity contribution in [2.75, 3.05) is 6.61 Å². The van der Waals surface area contributed by atoms with E-state index in [1.807, 2.05) is 0 Å². The Labute approximate surface area is 130 Å². The van der Waals surface area contributed by atoms with E-state index in [4.69, 9.17) is 33.0 Å². The maximum Gasteiger partial charge on any atom is 0.338 e. The molecule has 0 bridgehead atoms. The first-order valence-electron chi connectivity index (χ1n) is 6.09.